The largest absolute Gasteiger partial charge is 0.497 e. The average Bonchev–Trinajstić information content (AvgIpc) is 2.63. The van der Waals surface area contributed by atoms with Crippen LogP contribution in [0.5, 0.6) is 5.75 Å². The third-order valence-electron chi connectivity index (χ3n) is 4.98. The zero-order valence-corrected chi connectivity index (χ0v) is 14.7. The lowest BCUT2D eigenvalue weighted by molar-refractivity contribution is -0.121. The first kappa shape index (κ1) is 17.5. The summed E-state index contributed by atoms with van der Waals surface area (Å²) < 4.78 is 19.0. The van der Waals surface area contributed by atoms with Gasteiger partial charge in [-0.25, -0.2) is 4.39 Å². The summed E-state index contributed by atoms with van der Waals surface area (Å²) >= 11 is 0. The highest BCUT2D eigenvalue weighted by Gasteiger charge is 2.31. The molecule has 0 aliphatic heterocycles. The average molecular weight is 341 g/mol. The van der Waals surface area contributed by atoms with Crippen LogP contribution in [0.3, 0.4) is 0 Å². The van der Waals surface area contributed by atoms with Gasteiger partial charge in [0.25, 0.3) is 0 Å². The fourth-order valence-corrected chi connectivity index (χ4v) is 3.65. The Morgan fingerprint density at radius 3 is 2.84 bits per heavy atom. The molecule has 4 heteroatoms. The van der Waals surface area contributed by atoms with E-state index in [-0.39, 0.29) is 23.7 Å². The van der Waals surface area contributed by atoms with Gasteiger partial charge in [-0.3, -0.25) is 4.79 Å². The normalized spacial score (nSPS) is 19.2. The molecule has 0 fully saturated rings. The van der Waals surface area contributed by atoms with Crippen molar-refractivity contribution in [1.29, 1.82) is 0 Å². The number of ether oxygens (including phenoxy) is 1. The zero-order valence-electron chi connectivity index (χ0n) is 14.7. The molecule has 2 unspecified atom stereocenters. The molecule has 2 atom stereocenters. The molecular formula is C21H24FNO2. The second-order valence-corrected chi connectivity index (χ2v) is 6.57. The van der Waals surface area contributed by atoms with Gasteiger partial charge < -0.3 is 10.1 Å². The van der Waals surface area contributed by atoms with E-state index in [9.17, 15) is 9.18 Å². The molecule has 25 heavy (non-hydrogen) atoms. The predicted octanol–water partition coefficient (Wildman–Crippen LogP) is 4.00. The number of methoxy groups -OCH3 is 1. The van der Waals surface area contributed by atoms with E-state index < -0.39 is 0 Å². The van der Waals surface area contributed by atoms with Crippen molar-refractivity contribution in [2.75, 3.05) is 7.11 Å². The second-order valence-electron chi connectivity index (χ2n) is 6.57. The van der Waals surface area contributed by atoms with Gasteiger partial charge in [-0.1, -0.05) is 25.1 Å². The lowest BCUT2D eigenvalue weighted by Crippen LogP contribution is -2.42. The van der Waals surface area contributed by atoms with Crippen LogP contribution >= 0.6 is 0 Å². The molecule has 0 saturated carbocycles. The first-order chi connectivity index (χ1) is 12.1. The number of benzene rings is 2. The number of carbonyl (C=O) groups is 1. The molecule has 0 aromatic heterocycles. The second kappa shape index (κ2) is 7.68. The molecule has 132 valence electrons. The minimum Gasteiger partial charge on any atom is -0.497 e. The van der Waals surface area contributed by atoms with E-state index in [1.54, 1.807) is 19.2 Å². The van der Waals surface area contributed by atoms with Crippen LogP contribution in [-0.2, 0) is 17.6 Å². The van der Waals surface area contributed by atoms with Crippen molar-refractivity contribution in [3.05, 3.63) is 65.0 Å². The molecule has 0 heterocycles. The van der Waals surface area contributed by atoms with Gasteiger partial charge in [0.2, 0.25) is 5.91 Å². The fraction of sp³-hybridized carbons (Fsp3) is 0.381. The van der Waals surface area contributed by atoms with Gasteiger partial charge in [0.05, 0.1) is 7.11 Å². The summed E-state index contributed by atoms with van der Waals surface area (Å²) in [6.45, 7) is 1.86. The van der Waals surface area contributed by atoms with E-state index >= 15 is 0 Å². The Bertz CT molecular complexity index is 759. The van der Waals surface area contributed by atoms with E-state index in [1.165, 1.54) is 17.2 Å². The summed E-state index contributed by atoms with van der Waals surface area (Å²) in [5.41, 5.74) is 3.41. The standard InChI is InChI=1S/C21H24FNO2/c1-3-21(24)23-20-10-8-15-7-9-17(25-2)13-18(15)19(20)12-14-5-4-6-16(22)11-14/h4-7,9,11,13,19-20H,3,8,10,12H2,1-2H3,(H,23,24). The van der Waals surface area contributed by atoms with Gasteiger partial charge in [-0.05, 0) is 60.2 Å². The first-order valence-electron chi connectivity index (χ1n) is 8.81. The Balaban J connectivity index is 1.96. The van der Waals surface area contributed by atoms with E-state index in [0.717, 1.165) is 24.2 Å². The molecule has 1 N–H and O–H groups in total. The van der Waals surface area contributed by atoms with Crippen LogP contribution in [0, 0.1) is 5.82 Å². The Morgan fingerprint density at radius 1 is 1.28 bits per heavy atom. The van der Waals surface area contributed by atoms with Gasteiger partial charge >= 0.3 is 0 Å². The highest BCUT2D eigenvalue weighted by atomic mass is 19.1. The predicted molar refractivity (Wildman–Crippen MR) is 96.4 cm³/mol. The van der Waals surface area contributed by atoms with Gasteiger partial charge in [0.1, 0.15) is 11.6 Å². The summed E-state index contributed by atoms with van der Waals surface area (Å²) in [5.74, 6) is 0.746. The minimum absolute atomic E-state index is 0.0512. The Labute approximate surface area is 148 Å². The van der Waals surface area contributed by atoms with Crippen molar-refractivity contribution >= 4 is 5.91 Å². The highest BCUT2D eigenvalue weighted by Crippen LogP contribution is 2.36. The monoisotopic (exact) mass is 341 g/mol. The first-order valence-corrected chi connectivity index (χ1v) is 8.81. The third-order valence-corrected chi connectivity index (χ3v) is 4.98. The van der Waals surface area contributed by atoms with Gasteiger partial charge in [-0.2, -0.15) is 0 Å². The van der Waals surface area contributed by atoms with Crippen molar-refractivity contribution in [3.63, 3.8) is 0 Å². The molecule has 0 radical (unpaired) electrons. The van der Waals surface area contributed by atoms with Crippen LogP contribution in [0.1, 0.15) is 42.4 Å². The molecule has 2 aromatic rings. The van der Waals surface area contributed by atoms with E-state index in [2.05, 4.69) is 17.4 Å². The zero-order chi connectivity index (χ0) is 17.8. The molecule has 1 aliphatic carbocycles. The van der Waals surface area contributed by atoms with E-state index in [0.29, 0.717) is 12.8 Å². The van der Waals surface area contributed by atoms with Crippen molar-refractivity contribution in [1.82, 2.24) is 5.32 Å². The number of hydrogen-bond acceptors (Lipinski definition) is 2. The SMILES string of the molecule is CCC(=O)NC1CCc2ccc(OC)cc2C1Cc1cccc(F)c1. The summed E-state index contributed by atoms with van der Waals surface area (Å²) in [5, 5.41) is 3.16. The maximum Gasteiger partial charge on any atom is 0.219 e. The summed E-state index contributed by atoms with van der Waals surface area (Å²) in [6.07, 6.45) is 2.97. The van der Waals surface area contributed by atoms with Crippen LogP contribution in [0.25, 0.3) is 0 Å². The highest BCUT2D eigenvalue weighted by molar-refractivity contribution is 5.76. The molecule has 0 saturated heterocycles. The number of amides is 1. The molecule has 0 spiro atoms. The number of nitrogens with one attached hydrogen (secondary N) is 1. The van der Waals surface area contributed by atoms with Crippen molar-refractivity contribution in [3.8, 4) is 5.75 Å². The number of rotatable bonds is 5. The van der Waals surface area contributed by atoms with Crippen molar-refractivity contribution in [2.24, 2.45) is 0 Å². The number of carbonyl (C=O) groups excluding carboxylic acids is 1. The maximum absolute atomic E-state index is 13.6. The Hall–Kier alpha value is -2.36. The van der Waals surface area contributed by atoms with E-state index in [4.69, 9.17) is 4.74 Å². The molecule has 0 bridgehead atoms. The molecule has 1 aliphatic rings. The summed E-state index contributed by atoms with van der Waals surface area (Å²) in [7, 11) is 1.66. The van der Waals surface area contributed by atoms with Gasteiger partial charge in [0.15, 0.2) is 0 Å². The number of fused-ring (bicyclic) bond motifs is 1. The fourth-order valence-electron chi connectivity index (χ4n) is 3.65. The number of hydrogen-bond donors (Lipinski definition) is 1. The van der Waals surface area contributed by atoms with Gasteiger partial charge in [-0.15, -0.1) is 0 Å². The van der Waals surface area contributed by atoms with Crippen LogP contribution in [0.15, 0.2) is 42.5 Å². The Morgan fingerprint density at radius 2 is 2.12 bits per heavy atom. The summed E-state index contributed by atoms with van der Waals surface area (Å²) in [4.78, 5) is 12.0. The summed E-state index contributed by atoms with van der Waals surface area (Å²) in [6, 6.07) is 12.9. The van der Waals surface area contributed by atoms with Crippen molar-refractivity contribution < 1.29 is 13.9 Å². The lowest BCUT2D eigenvalue weighted by Gasteiger charge is -2.34. The molecule has 2 aromatic carbocycles. The Kier molecular flexibility index (Phi) is 5.37. The van der Waals surface area contributed by atoms with Crippen LogP contribution in [-0.4, -0.2) is 19.1 Å². The van der Waals surface area contributed by atoms with Gasteiger partial charge in [0, 0.05) is 18.4 Å². The minimum atomic E-state index is -0.228. The number of aryl methyl sites for hydroxylation is 1. The lowest BCUT2D eigenvalue weighted by atomic mass is 9.76. The topological polar surface area (TPSA) is 38.3 Å². The smallest absolute Gasteiger partial charge is 0.219 e. The van der Waals surface area contributed by atoms with E-state index in [1.807, 2.05) is 19.1 Å². The van der Waals surface area contributed by atoms with Crippen LogP contribution in [0.2, 0.25) is 0 Å². The third kappa shape index (κ3) is 4.01. The molecular weight excluding hydrogens is 317 g/mol. The van der Waals surface area contributed by atoms with Crippen molar-refractivity contribution in [2.45, 2.75) is 44.6 Å². The molecule has 3 rings (SSSR count). The quantitative estimate of drug-likeness (QED) is 0.893. The van der Waals surface area contributed by atoms with Crippen LogP contribution in [0.4, 0.5) is 4.39 Å². The number of halogens is 1. The maximum atomic E-state index is 13.6. The molecule has 1 amide bonds. The molecule has 3 nitrogen and oxygen atoms in total. The van der Waals surface area contributed by atoms with Crippen LogP contribution < -0.4 is 10.1 Å².